The number of hydrazine groups is 1. The molecule has 1 aliphatic heterocycles. The third-order valence-electron chi connectivity index (χ3n) is 7.52. The van der Waals surface area contributed by atoms with Gasteiger partial charge in [0.15, 0.2) is 10.1 Å². The van der Waals surface area contributed by atoms with E-state index >= 15 is 0 Å². The van der Waals surface area contributed by atoms with Gasteiger partial charge in [-0.15, -0.1) is 34.8 Å². The number of hydrogen-bond acceptors (Lipinski definition) is 4. The molecule has 5 atom stereocenters. The number of ketones is 1. The number of hydrogen-bond donors (Lipinski definition) is 0. The highest BCUT2D eigenvalue weighted by Crippen LogP contribution is 2.77. The molecular weight excluding hydrogens is 723 g/mol. The molecule has 6 nitrogen and oxygen atoms in total. The highest BCUT2D eigenvalue weighted by atomic mass is 35.5. The average molecular weight is 738 g/mol. The van der Waals surface area contributed by atoms with E-state index < -0.39 is 55.5 Å². The lowest BCUT2D eigenvalue weighted by molar-refractivity contribution is -0.157. The number of carbonyl (C=O) groups excluding carboxylic acids is 4. The van der Waals surface area contributed by atoms with Crippen molar-refractivity contribution in [2.75, 3.05) is 5.88 Å². The molecule has 3 aliphatic rings. The maximum Gasteiger partial charge on any atom is 0.275 e. The molecule has 2 aliphatic carbocycles. The summed E-state index contributed by atoms with van der Waals surface area (Å²) >= 11 is 58.1. The van der Waals surface area contributed by atoms with Gasteiger partial charge in [0, 0.05) is 16.5 Å². The minimum absolute atomic E-state index is 0.00124. The van der Waals surface area contributed by atoms with Crippen LogP contribution in [0.15, 0.2) is 58.6 Å². The monoisotopic (exact) mass is 734 g/mol. The van der Waals surface area contributed by atoms with Gasteiger partial charge in [0.2, 0.25) is 0 Å². The van der Waals surface area contributed by atoms with Gasteiger partial charge in [-0.25, -0.2) is 5.01 Å². The van der Waals surface area contributed by atoms with Gasteiger partial charge in [-0.3, -0.25) is 19.2 Å². The predicted molar refractivity (Wildman–Crippen MR) is 162 cm³/mol. The van der Waals surface area contributed by atoms with Gasteiger partial charge in [-0.1, -0.05) is 81.7 Å². The first kappa shape index (κ1) is 31.5. The van der Waals surface area contributed by atoms with E-state index in [4.69, 9.17) is 104 Å². The van der Waals surface area contributed by atoms with E-state index in [0.717, 1.165) is 5.01 Å². The molecule has 0 radical (unpaired) electrons. The summed E-state index contributed by atoms with van der Waals surface area (Å²) in [6, 6.07) is 10.3. The minimum Gasteiger partial charge on any atom is -0.292 e. The summed E-state index contributed by atoms with van der Waals surface area (Å²) in [5.41, 5.74) is 0.0365. The zero-order chi connectivity index (χ0) is 30.2. The van der Waals surface area contributed by atoms with E-state index in [1.807, 2.05) is 0 Å². The molecule has 0 N–H and O–H groups in total. The number of imide groups is 1. The molecule has 0 aromatic heterocycles. The summed E-state index contributed by atoms with van der Waals surface area (Å²) in [6.45, 7) is 0. The van der Waals surface area contributed by atoms with Gasteiger partial charge >= 0.3 is 0 Å². The Morgan fingerprint density at radius 2 is 1.34 bits per heavy atom. The van der Waals surface area contributed by atoms with Crippen LogP contribution in [-0.2, 0) is 9.59 Å². The topological polar surface area (TPSA) is 74.8 Å². The van der Waals surface area contributed by atoms with Crippen LogP contribution in [0.3, 0.4) is 0 Å². The number of halogens is 9. The number of rotatable bonds is 7. The molecule has 41 heavy (non-hydrogen) atoms. The molecule has 3 amide bonds. The van der Waals surface area contributed by atoms with E-state index in [2.05, 4.69) is 0 Å². The SMILES string of the molecule is O=C(c1ccc(Cl)cc1)[C@H](CCCl)N(C(=O)c1ccccc1Cl)N1C(=O)[C@@H]2[C@@H](C1=O)[C@@]1(Cl)C(Cl)=C(Cl)[C@@]2(Cl)C1(Cl)Cl. The van der Waals surface area contributed by atoms with Gasteiger partial charge in [0.05, 0.1) is 32.5 Å². The number of benzene rings is 2. The number of carbonyl (C=O) groups is 4. The first-order valence-corrected chi connectivity index (χ1v) is 15.4. The van der Waals surface area contributed by atoms with Crippen LogP contribution in [-0.4, -0.2) is 59.5 Å². The number of amides is 3. The molecule has 15 heteroatoms. The summed E-state index contributed by atoms with van der Waals surface area (Å²) < 4.78 is -2.18. The Bertz CT molecular complexity index is 1490. The Kier molecular flexibility index (Phi) is 8.37. The molecule has 1 heterocycles. The second-order valence-corrected chi connectivity index (χ2v) is 14.1. The molecule has 0 spiro atoms. The van der Waals surface area contributed by atoms with Crippen molar-refractivity contribution in [2.45, 2.75) is 26.5 Å². The molecule has 0 unspecified atom stereocenters. The van der Waals surface area contributed by atoms with Crippen LogP contribution in [0.1, 0.15) is 27.1 Å². The number of fused-ring (bicyclic) bond motifs is 5. The summed E-state index contributed by atoms with van der Waals surface area (Å²) in [4.78, 5) is 52.2. The maximum absolute atomic E-state index is 14.2. The quantitative estimate of drug-likeness (QED) is 0.166. The summed E-state index contributed by atoms with van der Waals surface area (Å²) in [6.07, 6.45) is -0.168. The fourth-order valence-electron chi connectivity index (χ4n) is 5.60. The van der Waals surface area contributed by atoms with E-state index in [1.165, 1.54) is 42.5 Å². The normalized spacial score (nSPS) is 28.8. The number of nitrogens with zero attached hydrogens (tertiary/aromatic N) is 2. The van der Waals surface area contributed by atoms with Gasteiger partial charge in [-0.05, 0) is 42.8 Å². The second kappa shape index (κ2) is 10.9. The van der Waals surface area contributed by atoms with Crippen LogP contribution < -0.4 is 0 Å². The third kappa shape index (κ3) is 4.20. The Morgan fingerprint density at radius 3 is 1.83 bits per heavy atom. The minimum atomic E-state index is -2.18. The van der Waals surface area contributed by atoms with Crippen molar-refractivity contribution in [3.63, 3.8) is 0 Å². The summed E-state index contributed by atoms with van der Waals surface area (Å²) in [5.74, 6) is -6.83. The maximum atomic E-state index is 14.2. The molecule has 216 valence electrons. The molecule has 2 aromatic rings. The zero-order valence-corrected chi connectivity index (χ0v) is 27.0. The van der Waals surface area contributed by atoms with Crippen LogP contribution in [0.2, 0.25) is 10.0 Å². The van der Waals surface area contributed by atoms with E-state index in [1.54, 1.807) is 6.07 Å². The van der Waals surface area contributed by atoms with Crippen molar-refractivity contribution in [1.82, 2.24) is 10.0 Å². The first-order valence-electron chi connectivity index (χ1n) is 11.8. The molecule has 1 saturated carbocycles. The lowest BCUT2D eigenvalue weighted by atomic mass is 9.84. The van der Waals surface area contributed by atoms with Crippen molar-refractivity contribution in [2.24, 2.45) is 11.8 Å². The Hall–Kier alpha value is -0.930. The zero-order valence-electron chi connectivity index (χ0n) is 20.2. The van der Waals surface area contributed by atoms with Gasteiger partial charge in [0.25, 0.3) is 17.7 Å². The number of allylic oxidation sites excluding steroid dienone is 2. The van der Waals surface area contributed by atoms with E-state index in [0.29, 0.717) is 10.0 Å². The fraction of sp³-hybridized carbons (Fsp3) is 0.308. The van der Waals surface area contributed by atoms with Crippen molar-refractivity contribution < 1.29 is 19.2 Å². The molecule has 2 fully saturated rings. The fourth-order valence-corrected chi connectivity index (χ4v) is 9.08. The molecule has 5 rings (SSSR count). The second-order valence-electron chi connectivity index (χ2n) is 9.56. The largest absolute Gasteiger partial charge is 0.292 e. The standard InChI is InChI=1S/C26H15Cl9N2O4/c27-10-9-15(18(38)11-5-7-12(28)8-6-11)36(21(39)13-3-1-2-4-14(13)29)37-22(40)16-17(23(37)41)25(33)20(31)19(30)24(16,32)26(25,34)35/h1-8,15-17H,9-10H2/t15-,16-,17-,24+,25+/m0/s1. The lowest BCUT2D eigenvalue weighted by Gasteiger charge is -2.39. The molecular formula is C26H15Cl9N2O4. The van der Waals surface area contributed by atoms with Crippen LogP contribution in [0.5, 0.6) is 0 Å². The number of Topliss-reactive ketones (excluding diaryl/α,β-unsaturated/α-hetero) is 1. The van der Waals surface area contributed by atoms with Crippen LogP contribution in [0.25, 0.3) is 0 Å². The van der Waals surface area contributed by atoms with Crippen molar-refractivity contribution >= 4 is 128 Å². The highest BCUT2D eigenvalue weighted by molar-refractivity contribution is 6.66. The summed E-state index contributed by atoms with van der Waals surface area (Å²) in [5, 5.41) is 1.02. The van der Waals surface area contributed by atoms with Crippen molar-refractivity contribution in [3.05, 3.63) is 79.8 Å². The Labute approximate surface area is 279 Å². The van der Waals surface area contributed by atoms with Crippen LogP contribution in [0, 0.1) is 11.8 Å². The molecule has 1 saturated heterocycles. The number of alkyl halides is 5. The van der Waals surface area contributed by atoms with Gasteiger partial charge in [-0.2, -0.15) is 5.01 Å². The van der Waals surface area contributed by atoms with E-state index in [-0.39, 0.29) is 38.5 Å². The molecule has 2 aromatic carbocycles. The van der Waals surface area contributed by atoms with E-state index in [9.17, 15) is 19.2 Å². The highest BCUT2D eigenvalue weighted by Gasteiger charge is 2.88. The molecule has 2 bridgehead atoms. The van der Waals surface area contributed by atoms with Crippen molar-refractivity contribution in [1.29, 1.82) is 0 Å². The summed E-state index contributed by atoms with van der Waals surface area (Å²) in [7, 11) is 0. The Morgan fingerprint density at radius 1 is 0.829 bits per heavy atom. The third-order valence-corrected chi connectivity index (χ3v) is 12.6. The van der Waals surface area contributed by atoms with Crippen molar-refractivity contribution in [3.8, 4) is 0 Å². The van der Waals surface area contributed by atoms with Crippen LogP contribution in [0.4, 0.5) is 0 Å². The van der Waals surface area contributed by atoms with Gasteiger partial charge in [0.1, 0.15) is 15.8 Å². The Balaban J connectivity index is 1.69. The first-order chi connectivity index (χ1) is 19.2. The van der Waals surface area contributed by atoms with Gasteiger partial charge < -0.3 is 0 Å². The lowest BCUT2D eigenvalue weighted by Crippen LogP contribution is -2.60. The predicted octanol–water partition coefficient (Wildman–Crippen LogP) is 7.68. The van der Waals surface area contributed by atoms with Crippen LogP contribution >= 0.6 is 104 Å². The average Bonchev–Trinajstić information content (AvgIpc) is 3.32. The smallest absolute Gasteiger partial charge is 0.275 e.